The van der Waals surface area contributed by atoms with Crippen molar-refractivity contribution >= 4 is 0 Å². The van der Waals surface area contributed by atoms with Gasteiger partial charge in [0, 0.05) is 17.3 Å². The topological polar surface area (TPSA) is 77.1 Å². The predicted molar refractivity (Wildman–Crippen MR) is 83.2 cm³/mol. The molecule has 2 aromatic carbocycles. The van der Waals surface area contributed by atoms with Gasteiger partial charge in [-0.05, 0) is 41.5 Å². The molecule has 0 saturated heterocycles. The second kappa shape index (κ2) is 5.58. The van der Waals surface area contributed by atoms with Gasteiger partial charge in [-0.3, -0.25) is 0 Å². The van der Waals surface area contributed by atoms with Crippen LogP contribution in [0.4, 0.5) is 0 Å². The molecule has 2 N–H and O–H groups in total. The molecule has 3 rings (SSSR count). The molecule has 0 aliphatic rings. The average molecular weight is 288 g/mol. The van der Waals surface area contributed by atoms with Crippen LogP contribution >= 0.6 is 0 Å². The van der Waals surface area contributed by atoms with Crippen molar-refractivity contribution in [2.75, 3.05) is 0 Å². The van der Waals surface area contributed by atoms with E-state index in [4.69, 9.17) is 0 Å². The van der Waals surface area contributed by atoms with Crippen molar-refractivity contribution in [3.05, 3.63) is 66.5 Å². The van der Waals surface area contributed by atoms with Crippen molar-refractivity contribution in [2.24, 2.45) is 0 Å². The van der Waals surface area contributed by atoms with Crippen molar-refractivity contribution in [1.82, 2.24) is 4.98 Å². The summed E-state index contributed by atoms with van der Waals surface area (Å²) in [6.07, 6.45) is 1.63. The zero-order chi connectivity index (χ0) is 15.5. The maximum atomic E-state index is 9.38. The monoisotopic (exact) mass is 288 g/mol. The maximum absolute atomic E-state index is 9.38. The maximum Gasteiger partial charge on any atom is 0.148 e. The molecule has 0 radical (unpaired) electrons. The fourth-order valence-electron chi connectivity index (χ4n) is 2.23. The van der Waals surface area contributed by atoms with E-state index in [2.05, 4.69) is 11.1 Å². The van der Waals surface area contributed by atoms with Crippen LogP contribution in [0.3, 0.4) is 0 Å². The summed E-state index contributed by atoms with van der Waals surface area (Å²) in [4.78, 5) is 4.21. The number of rotatable bonds is 2. The lowest BCUT2D eigenvalue weighted by Crippen LogP contribution is -1.91. The molecule has 0 spiro atoms. The summed E-state index contributed by atoms with van der Waals surface area (Å²) in [6, 6.07) is 17.4. The largest absolute Gasteiger partial charge is 0.508 e. The van der Waals surface area contributed by atoms with Gasteiger partial charge in [-0.2, -0.15) is 5.26 Å². The van der Waals surface area contributed by atoms with Gasteiger partial charge in [0.05, 0.1) is 0 Å². The second-order valence-electron chi connectivity index (χ2n) is 4.83. The number of pyridine rings is 1. The smallest absolute Gasteiger partial charge is 0.148 e. The molecule has 3 aromatic rings. The Kier molecular flexibility index (Phi) is 3.47. The highest BCUT2D eigenvalue weighted by Crippen LogP contribution is 2.29. The highest BCUT2D eigenvalue weighted by atomic mass is 16.3. The van der Waals surface area contributed by atoms with Crippen LogP contribution in [0.15, 0.2) is 60.8 Å². The third kappa shape index (κ3) is 2.60. The van der Waals surface area contributed by atoms with Gasteiger partial charge in [0.1, 0.15) is 23.3 Å². The van der Waals surface area contributed by atoms with E-state index in [1.807, 2.05) is 6.07 Å². The summed E-state index contributed by atoms with van der Waals surface area (Å²) in [5.74, 6) is 0.369. The molecule has 0 amide bonds. The van der Waals surface area contributed by atoms with Crippen LogP contribution in [0.25, 0.3) is 22.3 Å². The molecular formula is C18H12N2O2. The number of nitriles is 1. The van der Waals surface area contributed by atoms with Gasteiger partial charge in [-0.15, -0.1) is 0 Å². The number of benzene rings is 2. The molecule has 0 saturated carbocycles. The number of hydrogen-bond acceptors (Lipinski definition) is 4. The Morgan fingerprint density at radius 1 is 0.773 bits per heavy atom. The first-order valence-electron chi connectivity index (χ1n) is 6.66. The minimum absolute atomic E-state index is 0.171. The molecule has 0 aliphatic heterocycles. The summed E-state index contributed by atoms with van der Waals surface area (Å²) in [5.41, 5.74) is 3.58. The molecular weight excluding hydrogens is 276 g/mol. The van der Waals surface area contributed by atoms with E-state index in [-0.39, 0.29) is 11.5 Å². The van der Waals surface area contributed by atoms with E-state index >= 15 is 0 Å². The van der Waals surface area contributed by atoms with Crippen molar-refractivity contribution < 1.29 is 10.2 Å². The van der Waals surface area contributed by atoms with E-state index in [1.165, 1.54) is 0 Å². The average Bonchev–Trinajstić information content (AvgIpc) is 2.56. The molecule has 106 valence electrons. The molecule has 1 heterocycles. The number of nitrogens with zero attached hydrogens (tertiary/aromatic N) is 2. The van der Waals surface area contributed by atoms with Crippen molar-refractivity contribution in [3.63, 3.8) is 0 Å². The Balaban J connectivity index is 2.12. The van der Waals surface area contributed by atoms with Gasteiger partial charge in [0.15, 0.2) is 0 Å². The Hall–Kier alpha value is -3.32. The molecule has 0 unspecified atom stereocenters. The van der Waals surface area contributed by atoms with Gasteiger partial charge < -0.3 is 10.2 Å². The van der Waals surface area contributed by atoms with E-state index in [1.54, 1.807) is 54.7 Å². The zero-order valence-corrected chi connectivity index (χ0v) is 11.6. The second-order valence-corrected chi connectivity index (χ2v) is 4.83. The summed E-state index contributed by atoms with van der Waals surface area (Å²) in [7, 11) is 0. The van der Waals surface area contributed by atoms with Crippen LogP contribution < -0.4 is 0 Å². The minimum Gasteiger partial charge on any atom is -0.508 e. The lowest BCUT2D eigenvalue weighted by atomic mass is 9.99. The third-order valence-electron chi connectivity index (χ3n) is 3.37. The highest BCUT2D eigenvalue weighted by molar-refractivity contribution is 5.76. The molecule has 1 aromatic heterocycles. The molecule has 0 aliphatic carbocycles. The summed E-state index contributed by atoms with van der Waals surface area (Å²) >= 11 is 0. The fourth-order valence-corrected chi connectivity index (χ4v) is 2.23. The van der Waals surface area contributed by atoms with Crippen LogP contribution in [0.5, 0.6) is 11.5 Å². The van der Waals surface area contributed by atoms with Gasteiger partial charge >= 0.3 is 0 Å². The number of hydrogen-bond donors (Lipinski definition) is 2. The third-order valence-corrected chi connectivity index (χ3v) is 3.37. The highest BCUT2D eigenvalue weighted by Gasteiger charge is 2.09. The molecule has 0 atom stereocenters. The standard InChI is InChI=1S/C18H12N2O2/c19-10-18-17(13-3-7-16(22)8-4-13)9-14(11-20-18)12-1-5-15(21)6-2-12/h1-9,11,21-22H. The lowest BCUT2D eigenvalue weighted by Gasteiger charge is -2.08. The van der Waals surface area contributed by atoms with Gasteiger partial charge in [-0.1, -0.05) is 24.3 Å². The van der Waals surface area contributed by atoms with Gasteiger partial charge in [-0.25, -0.2) is 4.98 Å². The Morgan fingerprint density at radius 3 is 1.86 bits per heavy atom. The number of phenolic OH excluding ortho intramolecular Hbond substituents is 2. The van der Waals surface area contributed by atoms with E-state index in [9.17, 15) is 15.5 Å². The fraction of sp³-hybridized carbons (Fsp3) is 0. The minimum atomic E-state index is 0.171. The molecule has 22 heavy (non-hydrogen) atoms. The first-order valence-corrected chi connectivity index (χ1v) is 6.66. The van der Waals surface area contributed by atoms with E-state index < -0.39 is 0 Å². The molecule has 0 bridgehead atoms. The van der Waals surface area contributed by atoms with E-state index in [0.717, 1.165) is 16.7 Å². The van der Waals surface area contributed by atoms with Crippen molar-refractivity contribution in [1.29, 1.82) is 5.26 Å². The van der Waals surface area contributed by atoms with E-state index in [0.29, 0.717) is 11.3 Å². The van der Waals surface area contributed by atoms with Crippen LogP contribution in [0.2, 0.25) is 0 Å². The summed E-state index contributed by atoms with van der Waals surface area (Å²) in [5, 5.41) is 28.0. The summed E-state index contributed by atoms with van der Waals surface area (Å²) < 4.78 is 0. The summed E-state index contributed by atoms with van der Waals surface area (Å²) in [6.45, 7) is 0. The molecule has 0 fully saturated rings. The lowest BCUT2D eigenvalue weighted by molar-refractivity contribution is 0.475. The Bertz CT molecular complexity index is 848. The van der Waals surface area contributed by atoms with Crippen LogP contribution in [-0.4, -0.2) is 15.2 Å². The van der Waals surface area contributed by atoms with Gasteiger partial charge in [0.2, 0.25) is 0 Å². The van der Waals surface area contributed by atoms with Crippen molar-refractivity contribution in [3.8, 4) is 39.8 Å². The Morgan fingerprint density at radius 2 is 1.32 bits per heavy atom. The van der Waals surface area contributed by atoms with Crippen molar-refractivity contribution in [2.45, 2.75) is 0 Å². The van der Waals surface area contributed by atoms with Crippen LogP contribution in [-0.2, 0) is 0 Å². The molecule has 4 nitrogen and oxygen atoms in total. The van der Waals surface area contributed by atoms with Crippen LogP contribution in [0.1, 0.15) is 5.69 Å². The van der Waals surface area contributed by atoms with Gasteiger partial charge in [0.25, 0.3) is 0 Å². The SMILES string of the molecule is N#Cc1ncc(-c2ccc(O)cc2)cc1-c1ccc(O)cc1. The zero-order valence-electron chi connectivity index (χ0n) is 11.6. The first-order chi connectivity index (χ1) is 10.7. The first kappa shape index (κ1) is 13.7. The number of phenols is 2. The quantitative estimate of drug-likeness (QED) is 0.753. The Labute approximate surface area is 127 Å². The normalized spacial score (nSPS) is 10.1. The number of aromatic nitrogens is 1. The number of aromatic hydroxyl groups is 2. The predicted octanol–water partition coefficient (Wildman–Crippen LogP) is 3.70. The van der Waals surface area contributed by atoms with Crippen LogP contribution in [0, 0.1) is 11.3 Å². The molecule has 4 heteroatoms.